The summed E-state index contributed by atoms with van der Waals surface area (Å²) < 4.78 is 0. The van der Waals surface area contributed by atoms with Crippen LogP contribution in [0.2, 0.25) is 0 Å². The first-order valence-electron chi connectivity index (χ1n) is 8.14. The highest BCUT2D eigenvalue weighted by Gasteiger charge is 2.20. The van der Waals surface area contributed by atoms with Gasteiger partial charge in [-0.25, -0.2) is 9.97 Å². The molecule has 1 saturated carbocycles. The Hall–Kier alpha value is -2.40. The van der Waals surface area contributed by atoms with Crippen LogP contribution in [-0.2, 0) is 0 Å². The van der Waals surface area contributed by atoms with Crippen LogP contribution < -0.4 is 5.32 Å². The van der Waals surface area contributed by atoms with Crippen molar-refractivity contribution < 1.29 is 5.11 Å². The van der Waals surface area contributed by atoms with Gasteiger partial charge in [0, 0.05) is 34.9 Å². The summed E-state index contributed by atoms with van der Waals surface area (Å²) >= 11 is 0. The molecule has 2 aromatic heterocycles. The molecule has 0 bridgehead atoms. The first-order valence-corrected chi connectivity index (χ1v) is 8.14. The number of rotatable bonds is 3. The van der Waals surface area contributed by atoms with Crippen LogP contribution in [0.25, 0.3) is 22.2 Å². The highest BCUT2D eigenvalue weighted by atomic mass is 16.3. The topological polar surface area (TPSA) is 73.8 Å². The number of aliphatic hydroxyl groups is 1. The van der Waals surface area contributed by atoms with Crippen molar-refractivity contribution in [1.29, 1.82) is 0 Å². The number of nitrogens with one attached hydrogen (secondary N) is 2. The molecule has 1 fully saturated rings. The molecule has 0 radical (unpaired) electrons. The number of hydrogen-bond donors (Lipinski definition) is 3. The summed E-state index contributed by atoms with van der Waals surface area (Å²) in [7, 11) is 0. The highest BCUT2D eigenvalue weighted by Crippen LogP contribution is 2.28. The minimum absolute atomic E-state index is 0.147. The Balaban J connectivity index is 1.59. The molecule has 3 N–H and O–H groups in total. The number of hydrogen-bond acceptors (Lipinski definition) is 4. The molecular weight excluding hydrogens is 288 g/mol. The van der Waals surface area contributed by atoms with Crippen molar-refractivity contribution in [1.82, 2.24) is 15.0 Å². The number of nitrogens with zero attached hydrogens (tertiary/aromatic N) is 2. The zero-order valence-corrected chi connectivity index (χ0v) is 12.9. The van der Waals surface area contributed by atoms with E-state index in [0.717, 1.165) is 47.8 Å². The Morgan fingerprint density at radius 3 is 2.78 bits per heavy atom. The lowest BCUT2D eigenvalue weighted by molar-refractivity contribution is 0.126. The molecule has 0 unspecified atom stereocenters. The molecule has 0 aliphatic heterocycles. The van der Waals surface area contributed by atoms with Crippen molar-refractivity contribution in [3.8, 4) is 11.3 Å². The van der Waals surface area contributed by atoms with Crippen LogP contribution in [0.3, 0.4) is 0 Å². The number of benzene rings is 1. The fraction of sp³-hybridized carbons (Fsp3) is 0.333. The zero-order valence-electron chi connectivity index (χ0n) is 12.9. The van der Waals surface area contributed by atoms with Gasteiger partial charge in [0.15, 0.2) is 0 Å². The number of anilines is 1. The summed E-state index contributed by atoms with van der Waals surface area (Å²) in [5, 5.41) is 14.2. The van der Waals surface area contributed by atoms with Crippen LogP contribution in [-0.4, -0.2) is 32.2 Å². The summed E-state index contributed by atoms with van der Waals surface area (Å²) in [4.78, 5) is 12.3. The Morgan fingerprint density at radius 1 is 1.09 bits per heavy atom. The van der Waals surface area contributed by atoms with Gasteiger partial charge in [0.2, 0.25) is 5.95 Å². The highest BCUT2D eigenvalue weighted by molar-refractivity contribution is 5.94. The van der Waals surface area contributed by atoms with Gasteiger partial charge >= 0.3 is 0 Å². The van der Waals surface area contributed by atoms with E-state index in [9.17, 15) is 5.11 Å². The normalized spacial score (nSPS) is 21.4. The van der Waals surface area contributed by atoms with Gasteiger partial charge in [-0.3, -0.25) is 0 Å². The average Bonchev–Trinajstić information content (AvgIpc) is 3.01. The minimum Gasteiger partial charge on any atom is -0.393 e. The number of para-hydroxylation sites is 1. The van der Waals surface area contributed by atoms with Crippen LogP contribution in [0.4, 0.5) is 5.95 Å². The molecule has 0 saturated heterocycles. The zero-order chi connectivity index (χ0) is 15.6. The molecule has 0 spiro atoms. The van der Waals surface area contributed by atoms with Crippen LogP contribution >= 0.6 is 0 Å². The van der Waals surface area contributed by atoms with Crippen LogP contribution in [0.5, 0.6) is 0 Å². The third kappa shape index (κ3) is 2.92. The van der Waals surface area contributed by atoms with E-state index in [1.807, 2.05) is 24.4 Å². The molecule has 0 amide bonds. The molecular formula is C18H20N4O. The third-order valence-corrected chi connectivity index (χ3v) is 4.55. The number of H-pyrrole nitrogens is 1. The van der Waals surface area contributed by atoms with Crippen molar-refractivity contribution in [2.45, 2.75) is 37.8 Å². The van der Waals surface area contributed by atoms with E-state index < -0.39 is 0 Å². The second-order valence-corrected chi connectivity index (χ2v) is 6.16. The average molecular weight is 308 g/mol. The quantitative estimate of drug-likeness (QED) is 0.694. The van der Waals surface area contributed by atoms with E-state index in [2.05, 4.69) is 32.4 Å². The molecule has 118 valence electrons. The van der Waals surface area contributed by atoms with E-state index in [4.69, 9.17) is 0 Å². The maximum Gasteiger partial charge on any atom is 0.223 e. The number of aromatic amines is 1. The molecule has 2 heterocycles. The largest absolute Gasteiger partial charge is 0.393 e. The van der Waals surface area contributed by atoms with Gasteiger partial charge in [-0.15, -0.1) is 0 Å². The van der Waals surface area contributed by atoms with Gasteiger partial charge in [0.25, 0.3) is 0 Å². The van der Waals surface area contributed by atoms with E-state index in [-0.39, 0.29) is 6.10 Å². The fourth-order valence-corrected chi connectivity index (χ4v) is 3.26. The van der Waals surface area contributed by atoms with Gasteiger partial charge < -0.3 is 15.4 Å². The van der Waals surface area contributed by atoms with E-state index in [1.165, 1.54) is 0 Å². The maximum absolute atomic E-state index is 9.60. The van der Waals surface area contributed by atoms with Crippen molar-refractivity contribution in [3.63, 3.8) is 0 Å². The van der Waals surface area contributed by atoms with E-state index in [1.54, 1.807) is 6.20 Å². The van der Waals surface area contributed by atoms with Crippen molar-refractivity contribution in [2.24, 2.45) is 0 Å². The molecule has 1 aromatic carbocycles. The maximum atomic E-state index is 9.60. The monoisotopic (exact) mass is 308 g/mol. The van der Waals surface area contributed by atoms with Gasteiger partial charge in [0.05, 0.1) is 11.8 Å². The van der Waals surface area contributed by atoms with Crippen LogP contribution in [0.15, 0.2) is 42.7 Å². The predicted octanol–water partition coefficient (Wildman–Crippen LogP) is 3.34. The number of aliphatic hydroxyl groups excluding tert-OH is 1. The van der Waals surface area contributed by atoms with Crippen LogP contribution in [0, 0.1) is 0 Å². The van der Waals surface area contributed by atoms with E-state index >= 15 is 0 Å². The van der Waals surface area contributed by atoms with Crippen molar-refractivity contribution in [2.75, 3.05) is 5.32 Å². The lowest BCUT2D eigenvalue weighted by Gasteiger charge is -2.26. The SMILES string of the molecule is O[C@H]1CC[C@H](Nc2nccc(-c3c[nH]c4ccccc34)n2)CC1. The van der Waals surface area contributed by atoms with Gasteiger partial charge in [0.1, 0.15) is 0 Å². The lowest BCUT2D eigenvalue weighted by Crippen LogP contribution is -2.28. The Kier molecular flexibility index (Phi) is 3.71. The molecule has 5 nitrogen and oxygen atoms in total. The second kappa shape index (κ2) is 6.01. The smallest absolute Gasteiger partial charge is 0.223 e. The first-order chi connectivity index (χ1) is 11.3. The van der Waals surface area contributed by atoms with Gasteiger partial charge in [-0.2, -0.15) is 0 Å². The molecule has 5 heteroatoms. The summed E-state index contributed by atoms with van der Waals surface area (Å²) in [6.45, 7) is 0. The summed E-state index contributed by atoms with van der Waals surface area (Å²) in [5.74, 6) is 0.661. The summed E-state index contributed by atoms with van der Waals surface area (Å²) in [6.07, 6.45) is 7.26. The third-order valence-electron chi connectivity index (χ3n) is 4.55. The second-order valence-electron chi connectivity index (χ2n) is 6.16. The number of fused-ring (bicyclic) bond motifs is 1. The Morgan fingerprint density at radius 2 is 1.91 bits per heavy atom. The molecule has 0 atom stereocenters. The van der Waals surface area contributed by atoms with Crippen molar-refractivity contribution >= 4 is 16.9 Å². The fourth-order valence-electron chi connectivity index (χ4n) is 3.26. The van der Waals surface area contributed by atoms with Gasteiger partial charge in [-0.05, 0) is 37.8 Å². The molecule has 1 aliphatic rings. The number of aromatic nitrogens is 3. The summed E-state index contributed by atoms with van der Waals surface area (Å²) in [5.41, 5.74) is 3.11. The van der Waals surface area contributed by atoms with Gasteiger partial charge in [-0.1, -0.05) is 18.2 Å². The predicted molar refractivity (Wildman–Crippen MR) is 91.2 cm³/mol. The Labute approximate surface area is 134 Å². The molecule has 23 heavy (non-hydrogen) atoms. The van der Waals surface area contributed by atoms with E-state index in [0.29, 0.717) is 12.0 Å². The Bertz CT molecular complexity index is 805. The van der Waals surface area contributed by atoms with Crippen LogP contribution in [0.1, 0.15) is 25.7 Å². The summed E-state index contributed by atoms with van der Waals surface area (Å²) in [6, 6.07) is 10.5. The molecule has 1 aliphatic carbocycles. The first kappa shape index (κ1) is 14.2. The van der Waals surface area contributed by atoms with Crippen molar-refractivity contribution in [3.05, 3.63) is 42.7 Å². The molecule has 3 aromatic rings. The molecule has 4 rings (SSSR count). The standard InChI is InChI=1S/C18H20N4O/c23-13-7-5-12(6-8-13)21-18-19-10-9-17(22-18)15-11-20-16-4-2-1-3-14(15)16/h1-4,9-13,20,23H,5-8H2,(H,19,21,22)/t12-,13-. The minimum atomic E-state index is -0.147. The lowest BCUT2D eigenvalue weighted by atomic mass is 9.93.